The van der Waals surface area contributed by atoms with Crippen LogP contribution in [0.5, 0.6) is 0 Å². The molecule has 0 fully saturated rings. The van der Waals surface area contributed by atoms with E-state index in [4.69, 9.17) is 10.5 Å². The van der Waals surface area contributed by atoms with E-state index in [0.717, 1.165) is 22.6 Å². The molecule has 2 aromatic rings. The van der Waals surface area contributed by atoms with Gasteiger partial charge in [-0.3, -0.25) is 4.68 Å². The van der Waals surface area contributed by atoms with Gasteiger partial charge in [0.25, 0.3) is 0 Å². The molecule has 0 saturated carbocycles. The summed E-state index contributed by atoms with van der Waals surface area (Å²) < 4.78 is 6.57. The Balaban J connectivity index is 2.19. The number of aryl methyl sites for hydroxylation is 2. The fourth-order valence-electron chi connectivity index (χ4n) is 2.22. The lowest BCUT2D eigenvalue weighted by molar-refractivity contribution is 0.0602. The number of ether oxygens (including phenoxy) is 1. The highest BCUT2D eigenvalue weighted by Crippen LogP contribution is 2.20. The molecule has 0 aliphatic heterocycles. The van der Waals surface area contributed by atoms with E-state index in [0.29, 0.717) is 17.8 Å². The van der Waals surface area contributed by atoms with Crippen molar-refractivity contribution in [1.29, 1.82) is 0 Å². The number of methoxy groups -OCH3 is 1. The molecular formula is C15H20N4O2. The first-order valence-corrected chi connectivity index (χ1v) is 6.64. The Morgan fingerprint density at radius 2 is 2.14 bits per heavy atom. The van der Waals surface area contributed by atoms with Gasteiger partial charge in [0.15, 0.2) is 0 Å². The summed E-state index contributed by atoms with van der Waals surface area (Å²) in [5.41, 5.74) is 10.6. The number of nitrogens with two attached hydrogens (primary N) is 1. The maximum absolute atomic E-state index is 11.6. The second kappa shape index (κ2) is 5.87. The number of hydrogen-bond acceptors (Lipinski definition) is 5. The summed E-state index contributed by atoms with van der Waals surface area (Å²) in [7, 11) is 3.26. The highest BCUT2D eigenvalue weighted by Gasteiger charge is 2.12. The molecule has 0 bridgehead atoms. The molecule has 1 aromatic carbocycles. The first-order valence-electron chi connectivity index (χ1n) is 6.64. The number of hydrogen-bond donors (Lipinski definition) is 2. The molecular weight excluding hydrogens is 268 g/mol. The Morgan fingerprint density at radius 3 is 2.71 bits per heavy atom. The van der Waals surface area contributed by atoms with Crippen molar-refractivity contribution in [3.8, 4) is 0 Å². The number of carbonyl (C=O) groups excluding carboxylic acids is 1. The lowest BCUT2D eigenvalue weighted by atomic mass is 10.1. The Labute approximate surface area is 123 Å². The number of esters is 1. The number of rotatable bonds is 4. The van der Waals surface area contributed by atoms with Crippen LogP contribution in [0.4, 0.5) is 11.4 Å². The van der Waals surface area contributed by atoms with E-state index in [1.165, 1.54) is 7.11 Å². The monoisotopic (exact) mass is 288 g/mol. The van der Waals surface area contributed by atoms with E-state index >= 15 is 0 Å². The normalized spacial score (nSPS) is 10.5. The molecule has 3 N–H and O–H groups in total. The fourth-order valence-corrected chi connectivity index (χ4v) is 2.22. The number of benzene rings is 1. The zero-order valence-electron chi connectivity index (χ0n) is 12.7. The van der Waals surface area contributed by atoms with Crippen molar-refractivity contribution >= 4 is 17.3 Å². The average Bonchev–Trinajstić information content (AvgIpc) is 2.71. The molecule has 21 heavy (non-hydrogen) atoms. The van der Waals surface area contributed by atoms with E-state index in [1.807, 2.05) is 31.6 Å². The molecule has 0 radical (unpaired) electrons. The Morgan fingerprint density at radius 1 is 1.43 bits per heavy atom. The van der Waals surface area contributed by atoms with Gasteiger partial charge in [0.05, 0.1) is 18.4 Å². The molecule has 112 valence electrons. The number of nitrogens with zero attached hydrogens (tertiary/aromatic N) is 2. The molecule has 0 unspecified atom stereocenters. The first kappa shape index (κ1) is 14.9. The van der Waals surface area contributed by atoms with Crippen LogP contribution >= 0.6 is 0 Å². The average molecular weight is 288 g/mol. The van der Waals surface area contributed by atoms with Crippen LogP contribution in [0, 0.1) is 13.8 Å². The summed E-state index contributed by atoms with van der Waals surface area (Å²) in [5, 5.41) is 7.66. The Bertz CT molecular complexity index is 677. The molecule has 6 nitrogen and oxygen atoms in total. The van der Waals surface area contributed by atoms with Crippen LogP contribution in [0.15, 0.2) is 18.2 Å². The third-order valence-corrected chi connectivity index (χ3v) is 3.59. The molecule has 0 aliphatic rings. The maximum Gasteiger partial charge on any atom is 0.340 e. The molecule has 2 rings (SSSR count). The number of nitrogen functional groups attached to an aromatic ring is 1. The molecule has 0 spiro atoms. The summed E-state index contributed by atoms with van der Waals surface area (Å²) in [6, 6.07) is 5.22. The number of carbonyl (C=O) groups is 1. The molecule has 0 saturated heterocycles. The predicted octanol–water partition coefficient (Wildman–Crippen LogP) is 2.02. The van der Waals surface area contributed by atoms with Gasteiger partial charge in [-0.05, 0) is 32.0 Å². The standard InChI is InChI=1S/C15H20N4O2/c1-9-13(10(2)19(3)18-9)8-17-11-5-6-14(16)12(7-11)15(20)21-4/h5-7,17H,8,16H2,1-4H3. The van der Waals surface area contributed by atoms with Crippen molar-refractivity contribution < 1.29 is 9.53 Å². The van der Waals surface area contributed by atoms with E-state index in [9.17, 15) is 4.79 Å². The minimum Gasteiger partial charge on any atom is -0.465 e. The van der Waals surface area contributed by atoms with Crippen LogP contribution in [-0.4, -0.2) is 22.9 Å². The molecule has 0 atom stereocenters. The van der Waals surface area contributed by atoms with E-state index in [-0.39, 0.29) is 0 Å². The van der Waals surface area contributed by atoms with Crippen molar-refractivity contribution in [3.05, 3.63) is 40.7 Å². The SMILES string of the molecule is COC(=O)c1cc(NCc2c(C)nn(C)c2C)ccc1N. The van der Waals surface area contributed by atoms with E-state index in [2.05, 4.69) is 10.4 Å². The molecule has 1 aromatic heterocycles. The van der Waals surface area contributed by atoms with Gasteiger partial charge in [0.2, 0.25) is 0 Å². The van der Waals surface area contributed by atoms with Crippen LogP contribution in [0.1, 0.15) is 27.3 Å². The molecule has 1 heterocycles. The lowest BCUT2D eigenvalue weighted by Crippen LogP contribution is -2.08. The highest BCUT2D eigenvalue weighted by atomic mass is 16.5. The Hall–Kier alpha value is -2.50. The topological polar surface area (TPSA) is 82.2 Å². The van der Waals surface area contributed by atoms with Crippen molar-refractivity contribution in [2.45, 2.75) is 20.4 Å². The molecule has 6 heteroatoms. The minimum atomic E-state index is -0.440. The maximum atomic E-state index is 11.6. The summed E-state index contributed by atoms with van der Waals surface area (Å²) in [4.78, 5) is 11.6. The first-order chi connectivity index (χ1) is 9.93. The van der Waals surface area contributed by atoms with Crippen LogP contribution in [-0.2, 0) is 18.3 Å². The summed E-state index contributed by atoms with van der Waals surface area (Å²) in [6.45, 7) is 4.64. The zero-order valence-corrected chi connectivity index (χ0v) is 12.7. The van der Waals surface area contributed by atoms with Crippen LogP contribution in [0.25, 0.3) is 0 Å². The minimum absolute atomic E-state index is 0.363. The van der Waals surface area contributed by atoms with Gasteiger partial charge in [-0.15, -0.1) is 0 Å². The van der Waals surface area contributed by atoms with Crippen molar-refractivity contribution in [3.63, 3.8) is 0 Å². The summed E-state index contributed by atoms with van der Waals surface area (Å²) in [6.07, 6.45) is 0. The second-order valence-corrected chi connectivity index (χ2v) is 4.92. The van der Waals surface area contributed by atoms with Crippen molar-refractivity contribution in [2.24, 2.45) is 7.05 Å². The molecule has 0 amide bonds. The van der Waals surface area contributed by atoms with Crippen LogP contribution in [0.3, 0.4) is 0 Å². The van der Waals surface area contributed by atoms with Crippen LogP contribution in [0.2, 0.25) is 0 Å². The quantitative estimate of drug-likeness (QED) is 0.664. The van der Waals surface area contributed by atoms with Gasteiger partial charge in [-0.25, -0.2) is 4.79 Å². The lowest BCUT2D eigenvalue weighted by Gasteiger charge is -2.10. The van der Waals surface area contributed by atoms with Gasteiger partial charge < -0.3 is 15.8 Å². The zero-order chi connectivity index (χ0) is 15.6. The highest BCUT2D eigenvalue weighted by molar-refractivity contribution is 5.96. The third kappa shape index (κ3) is 2.99. The number of nitrogens with one attached hydrogen (secondary N) is 1. The van der Waals surface area contributed by atoms with E-state index in [1.54, 1.807) is 12.1 Å². The van der Waals surface area contributed by atoms with Crippen molar-refractivity contribution in [1.82, 2.24) is 9.78 Å². The number of anilines is 2. The van der Waals surface area contributed by atoms with E-state index < -0.39 is 5.97 Å². The van der Waals surface area contributed by atoms with Crippen molar-refractivity contribution in [2.75, 3.05) is 18.2 Å². The van der Waals surface area contributed by atoms with Gasteiger partial charge >= 0.3 is 5.97 Å². The largest absolute Gasteiger partial charge is 0.465 e. The second-order valence-electron chi connectivity index (χ2n) is 4.92. The summed E-state index contributed by atoms with van der Waals surface area (Å²) >= 11 is 0. The number of aromatic nitrogens is 2. The fraction of sp³-hybridized carbons (Fsp3) is 0.333. The third-order valence-electron chi connectivity index (χ3n) is 3.59. The van der Waals surface area contributed by atoms with Gasteiger partial charge in [-0.1, -0.05) is 0 Å². The summed E-state index contributed by atoms with van der Waals surface area (Å²) in [5.74, 6) is -0.440. The van der Waals surface area contributed by atoms with Gasteiger partial charge in [0, 0.05) is 36.2 Å². The van der Waals surface area contributed by atoms with Gasteiger partial charge in [0.1, 0.15) is 0 Å². The predicted molar refractivity (Wildman–Crippen MR) is 82.2 cm³/mol. The van der Waals surface area contributed by atoms with Crippen LogP contribution < -0.4 is 11.1 Å². The smallest absolute Gasteiger partial charge is 0.340 e. The Kier molecular flexibility index (Phi) is 4.16. The van der Waals surface area contributed by atoms with Gasteiger partial charge in [-0.2, -0.15) is 5.10 Å². The molecule has 0 aliphatic carbocycles.